The Bertz CT molecular complexity index is 745. The average molecular weight is 299 g/mol. The minimum absolute atomic E-state index is 0.0469. The number of aromatic nitrogens is 2. The van der Waals surface area contributed by atoms with Crippen LogP contribution in [0, 0.1) is 25.2 Å². The zero-order valence-corrected chi connectivity index (χ0v) is 12.5. The molecular weight excluding hydrogens is 282 g/mol. The molecule has 0 aliphatic heterocycles. The van der Waals surface area contributed by atoms with Crippen molar-refractivity contribution in [3.8, 4) is 11.8 Å². The Balaban J connectivity index is 1.96. The molecule has 1 atom stereocenters. The Morgan fingerprint density at radius 2 is 2.05 bits per heavy atom. The monoisotopic (exact) mass is 299 g/mol. The number of aliphatic hydroxyl groups excluding tert-OH is 1. The van der Waals surface area contributed by atoms with Crippen LogP contribution in [0.1, 0.15) is 16.8 Å². The Hall–Kier alpha value is -2.65. The van der Waals surface area contributed by atoms with Gasteiger partial charge >= 0.3 is 0 Å². The molecule has 1 aromatic carbocycles. The average Bonchev–Trinajstić information content (AvgIpc) is 2.54. The first-order valence-corrected chi connectivity index (χ1v) is 6.85. The molecule has 0 unspecified atom stereocenters. The number of aliphatic hydroxyl groups is 1. The van der Waals surface area contributed by atoms with E-state index in [4.69, 9.17) is 10.00 Å². The van der Waals surface area contributed by atoms with Gasteiger partial charge in [-0.05, 0) is 38.1 Å². The molecule has 0 amide bonds. The van der Waals surface area contributed by atoms with Crippen LogP contribution in [-0.4, -0.2) is 27.4 Å². The standard InChI is InChI=1S/C16H17N3O3/c1-11-12(2)18-10-19(16(11)21)8-14(20)9-22-15-5-3-13(7-17)4-6-15/h3-6,10,14,20H,8-9H2,1-2H3/t14-/m0/s1. The van der Waals surface area contributed by atoms with Gasteiger partial charge in [0.1, 0.15) is 18.5 Å². The predicted octanol–water partition coefficient (Wildman–Crippen LogP) is 1.17. The number of ether oxygens (including phenoxy) is 1. The van der Waals surface area contributed by atoms with Crippen molar-refractivity contribution in [3.63, 3.8) is 0 Å². The molecule has 6 heteroatoms. The third-order valence-electron chi connectivity index (χ3n) is 3.35. The minimum Gasteiger partial charge on any atom is -0.491 e. The summed E-state index contributed by atoms with van der Waals surface area (Å²) in [6.07, 6.45) is 0.590. The molecule has 0 bridgehead atoms. The summed E-state index contributed by atoms with van der Waals surface area (Å²) in [6.45, 7) is 3.64. The maximum atomic E-state index is 12.0. The fourth-order valence-electron chi connectivity index (χ4n) is 1.90. The van der Waals surface area contributed by atoms with Crippen molar-refractivity contribution in [2.24, 2.45) is 0 Å². The molecule has 0 aliphatic rings. The van der Waals surface area contributed by atoms with Gasteiger partial charge in [-0.25, -0.2) is 4.98 Å². The van der Waals surface area contributed by atoms with Gasteiger partial charge in [-0.15, -0.1) is 0 Å². The third kappa shape index (κ3) is 3.71. The van der Waals surface area contributed by atoms with Crippen molar-refractivity contribution in [1.29, 1.82) is 5.26 Å². The fourth-order valence-corrected chi connectivity index (χ4v) is 1.90. The van der Waals surface area contributed by atoms with Crippen LogP contribution in [0.15, 0.2) is 35.4 Å². The zero-order valence-electron chi connectivity index (χ0n) is 12.5. The van der Waals surface area contributed by atoms with Gasteiger partial charge < -0.3 is 9.84 Å². The molecule has 2 aromatic rings. The quantitative estimate of drug-likeness (QED) is 0.895. The Labute approximate surface area is 128 Å². The van der Waals surface area contributed by atoms with E-state index in [1.54, 1.807) is 38.1 Å². The van der Waals surface area contributed by atoms with Crippen molar-refractivity contribution in [2.75, 3.05) is 6.61 Å². The number of benzene rings is 1. The van der Waals surface area contributed by atoms with E-state index in [-0.39, 0.29) is 18.7 Å². The van der Waals surface area contributed by atoms with Gasteiger partial charge in [0.25, 0.3) is 5.56 Å². The lowest BCUT2D eigenvalue weighted by Gasteiger charge is -2.14. The molecule has 0 saturated heterocycles. The van der Waals surface area contributed by atoms with Gasteiger partial charge in [-0.2, -0.15) is 5.26 Å². The van der Waals surface area contributed by atoms with Crippen LogP contribution in [0.2, 0.25) is 0 Å². The number of hydrogen-bond donors (Lipinski definition) is 1. The second kappa shape index (κ2) is 6.87. The van der Waals surface area contributed by atoms with Gasteiger partial charge in [0.15, 0.2) is 0 Å². The Morgan fingerprint density at radius 1 is 1.36 bits per heavy atom. The van der Waals surface area contributed by atoms with E-state index in [9.17, 15) is 9.90 Å². The normalized spacial score (nSPS) is 11.7. The molecule has 0 radical (unpaired) electrons. The lowest BCUT2D eigenvalue weighted by Crippen LogP contribution is -2.31. The summed E-state index contributed by atoms with van der Waals surface area (Å²) in [5, 5.41) is 18.7. The van der Waals surface area contributed by atoms with E-state index in [2.05, 4.69) is 4.98 Å². The first-order valence-electron chi connectivity index (χ1n) is 6.85. The largest absolute Gasteiger partial charge is 0.491 e. The summed E-state index contributed by atoms with van der Waals surface area (Å²) >= 11 is 0. The topological polar surface area (TPSA) is 88.1 Å². The van der Waals surface area contributed by atoms with Crippen LogP contribution in [0.25, 0.3) is 0 Å². The van der Waals surface area contributed by atoms with Crippen molar-refractivity contribution >= 4 is 0 Å². The van der Waals surface area contributed by atoms with E-state index in [1.165, 1.54) is 10.9 Å². The molecule has 0 fully saturated rings. The number of nitriles is 1. The first kappa shape index (κ1) is 15.7. The maximum Gasteiger partial charge on any atom is 0.256 e. The summed E-state index contributed by atoms with van der Waals surface area (Å²) in [5.41, 5.74) is 1.64. The Kier molecular flexibility index (Phi) is 4.92. The highest BCUT2D eigenvalue weighted by Gasteiger charge is 2.10. The summed E-state index contributed by atoms with van der Waals surface area (Å²) in [6, 6.07) is 8.62. The molecule has 2 rings (SSSR count). The number of nitrogens with zero attached hydrogens (tertiary/aromatic N) is 3. The summed E-state index contributed by atoms with van der Waals surface area (Å²) in [4.78, 5) is 16.1. The molecule has 0 aliphatic carbocycles. The van der Waals surface area contributed by atoms with Crippen molar-refractivity contribution in [3.05, 3.63) is 57.8 Å². The van der Waals surface area contributed by atoms with E-state index in [0.29, 0.717) is 22.6 Å². The highest BCUT2D eigenvalue weighted by atomic mass is 16.5. The zero-order chi connectivity index (χ0) is 16.1. The van der Waals surface area contributed by atoms with E-state index < -0.39 is 6.10 Å². The fraction of sp³-hybridized carbons (Fsp3) is 0.312. The van der Waals surface area contributed by atoms with E-state index >= 15 is 0 Å². The van der Waals surface area contributed by atoms with Crippen LogP contribution in [0.5, 0.6) is 5.75 Å². The molecular formula is C16H17N3O3. The second-order valence-corrected chi connectivity index (χ2v) is 5.01. The van der Waals surface area contributed by atoms with Gasteiger partial charge in [-0.1, -0.05) is 0 Å². The molecule has 22 heavy (non-hydrogen) atoms. The van der Waals surface area contributed by atoms with Gasteiger partial charge in [0.05, 0.1) is 24.5 Å². The minimum atomic E-state index is -0.836. The summed E-state index contributed by atoms with van der Waals surface area (Å²) < 4.78 is 6.81. The van der Waals surface area contributed by atoms with E-state index in [1.807, 2.05) is 6.07 Å². The molecule has 1 aromatic heterocycles. The molecule has 0 spiro atoms. The molecule has 114 valence electrons. The van der Waals surface area contributed by atoms with Crippen molar-refractivity contribution < 1.29 is 9.84 Å². The van der Waals surface area contributed by atoms with Crippen LogP contribution in [0.4, 0.5) is 0 Å². The van der Waals surface area contributed by atoms with Gasteiger partial charge in [0, 0.05) is 11.3 Å². The highest BCUT2D eigenvalue weighted by Crippen LogP contribution is 2.11. The van der Waals surface area contributed by atoms with Crippen LogP contribution in [-0.2, 0) is 6.54 Å². The summed E-state index contributed by atoms with van der Waals surface area (Å²) in [5.74, 6) is 0.559. The lowest BCUT2D eigenvalue weighted by atomic mass is 10.2. The molecule has 1 heterocycles. The number of aryl methyl sites for hydroxylation is 1. The van der Waals surface area contributed by atoms with Crippen LogP contribution < -0.4 is 10.3 Å². The second-order valence-electron chi connectivity index (χ2n) is 5.01. The van der Waals surface area contributed by atoms with Crippen molar-refractivity contribution in [2.45, 2.75) is 26.5 Å². The summed E-state index contributed by atoms with van der Waals surface area (Å²) in [7, 11) is 0. The highest BCUT2D eigenvalue weighted by molar-refractivity contribution is 5.34. The van der Waals surface area contributed by atoms with Crippen LogP contribution in [0.3, 0.4) is 0 Å². The molecule has 1 N–H and O–H groups in total. The predicted molar refractivity (Wildman–Crippen MR) is 80.6 cm³/mol. The molecule has 6 nitrogen and oxygen atoms in total. The third-order valence-corrected chi connectivity index (χ3v) is 3.35. The number of rotatable bonds is 5. The lowest BCUT2D eigenvalue weighted by molar-refractivity contribution is 0.0912. The van der Waals surface area contributed by atoms with E-state index in [0.717, 1.165) is 0 Å². The molecule has 0 saturated carbocycles. The Morgan fingerprint density at radius 3 is 2.68 bits per heavy atom. The van der Waals surface area contributed by atoms with Gasteiger partial charge in [-0.3, -0.25) is 9.36 Å². The SMILES string of the molecule is Cc1ncn(C[C@H](O)COc2ccc(C#N)cc2)c(=O)c1C. The first-order chi connectivity index (χ1) is 10.5. The van der Waals surface area contributed by atoms with Gasteiger partial charge in [0.2, 0.25) is 0 Å². The van der Waals surface area contributed by atoms with Crippen molar-refractivity contribution in [1.82, 2.24) is 9.55 Å². The number of hydrogen-bond acceptors (Lipinski definition) is 5. The maximum absolute atomic E-state index is 12.0. The smallest absolute Gasteiger partial charge is 0.256 e. The van der Waals surface area contributed by atoms with Crippen LogP contribution >= 0.6 is 0 Å².